The van der Waals surface area contributed by atoms with Gasteiger partial charge in [0.25, 0.3) is 11.8 Å². The van der Waals surface area contributed by atoms with Crippen molar-refractivity contribution in [2.45, 2.75) is 0 Å². The summed E-state index contributed by atoms with van der Waals surface area (Å²) < 4.78 is 0. The Hall–Kier alpha value is -3.41. The molecule has 23 heavy (non-hydrogen) atoms. The third kappa shape index (κ3) is 1.85. The van der Waals surface area contributed by atoms with Gasteiger partial charge in [0.05, 0.1) is 16.8 Å². The van der Waals surface area contributed by atoms with E-state index in [2.05, 4.69) is 4.98 Å². The van der Waals surface area contributed by atoms with Crippen LogP contribution in [0.25, 0.3) is 10.9 Å². The van der Waals surface area contributed by atoms with E-state index in [1.54, 1.807) is 42.5 Å². The number of benzene rings is 2. The first-order valence-electron chi connectivity index (χ1n) is 6.90. The third-order valence-corrected chi connectivity index (χ3v) is 3.89. The predicted molar refractivity (Wildman–Crippen MR) is 82.8 cm³/mol. The zero-order chi connectivity index (χ0) is 16.1. The summed E-state index contributed by atoms with van der Waals surface area (Å²) in [6.07, 6.45) is 0. The van der Waals surface area contributed by atoms with Gasteiger partial charge in [-0.3, -0.25) is 9.59 Å². The maximum atomic E-state index is 12.5. The fourth-order valence-corrected chi connectivity index (χ4v) is 2.80. The van der Waals surface area contributed by atoms with Crippen LogP contribution in [0, 0.1) is 0 Å². The number of imide groups is 1. The number of H-pyrrole nitrogens is 1. The zero-order valence-electron chi connectivity index (χ0n) is 11.7. The number of carboxylic acid groups (broad SMARTS) is 1. The Labute approximate surface area is 130 Å². The van der Waals surface area contributed by atoms with E-state index in [4.69, 9.17) is 5.11 Å². The normalized spacial score (nSPS) is 13.7. The van der Waals surface area contributed by atoms with E-state index >= 15 is 0 Å². The first kappa shape index (κ1) is 13.3. The highest BCUT2D eigenvalue weighted by molar-refractivity contribution is 6.34. The van der Waals surface area contributed by atoms with Crippen molar-refractivity contribution < 1.29 is 19.5 Å². The molecule has 1 aromatic heterocycles. The molecule has 2 heterocycles. The molecule has 1 aliphatic heterocycles. The summed E-state index contributed by atoms with van der Waals surface area (Å²) in [5.74, 6) is -1.82. The van der Waals surface area contributed by atoms with Gasteiger partial charge in [-0.15, -0.1) is 0 Å². The Balaban J connectivity index is 1.82. The molecule has 2 amide bonds. The van der Waals surface area contributed by atoms with Gasteiger partial charge < -0.3 is 10.1 Å². The molecule has 0 atom stereocenters. The average molecular weight is 306 g/mol. The molecule has 0 saturated carbocycles. The van der Waals surface area contributed by atoms with E-state index in [-0.39, 0.29) is 17.5 Å². The lowest BCUT2D eigenvalue weighted by Gasteiger charge is -2.13. The smallest absolute Gasteiger partial charge is 0.352 e. The van der Waals surface area contributed by atoms with Gasteiger partial charge in [0, 0.05) is 10.9 Å². The number of fused-ring (bicyclic) bond motifs is 2. The topological polar surface area (TPSA) is 90.5 Å². The van der Waals surface area contributed by atoms with Gasteiger partial charge in [-0.2, -0.15) is 0 Å². The molecule has 0 fully saturated rings. The Morgan fingerprint density at radius 3 is 2.22 bits per heavy atom. The highest BCUT2D eigenvalue weighted by Gasteiger charge is 2.36. The molecule has 2 aromatic carbocycles. The largest absolute Gasteiger partial charge is 0.477 e. The quantitative estimate of drug-likeness (QED) is 0.712. The number of carbonyl (C=O) groups is 3. The van der Waals surface area contributed by atoms with Crippen LogP contribution in [0.1, 0.15) is 31.2 Å². The Bertz CT molecular complexity index is 968. The van der Waals surface area contributed by atoms with Gasteiger partial charge in [0.1, 0.15) is 5.69 Å². The van der Waals surface area contributed by atoms with Gasteiger partial charge in [-0.05, 0) is 36.4 Å². The Morgan fingerprint density at radius 1 is 0.957 bits per heavy atom. The molecule has 2 N–H and O–H groups in total. The molecular weight excluding hydrogens is 296 g/mol. The minimum absolute atomic E-state index is 0.0551. The van der Waals surface area contributed by atoms with Crippen LogP contribution >= 0.6 is 0 Å². The molecule has 112 valence electrons. The molecule has 0 bridgehead atoms. The van der Waals surface area contributed by atoms with Crippen LogP contribution in [0.5, 0.6) is 0 Å². The second-order valence-corrected chi connectivity index (χ2v) is 5.25. The average Bonchev–Trinajstić information content (AvgIpc) is 3.08. The van der Waals surface area contributed by atoms with Crippen molar-refractivity contribution in [1.29, 1.82) is 0 Å². The molecule has 4 rings (SSSR count). The van der Waals surface area contributed by atoms with Crippen LogP contribution in [-0.4, -0.2) is 27.9 Å². The number of aromatic amines is 1. The Morgan fingerprint density at radius 2 is 1.61 bits per heavy atom. The van der Waals surface area contributed by atoms with E-state index < -0.39 is 5.97 Å². The van der Waals surface area contributed by atoms with Gasteiger partial charge in [0.2, 0.25) is 0 Å². The van der Waals surface area contributed by atoms with E-state index in [1.165, 1.54) is 6.07 Å². The fourth-order valence-electron chi connectivity index (χ4n) is 2.80. The van der Waals surface area contributed by atoms with E-state index in [9.17, 15) is 14.4 Å². The minimum atomic E-state index is -1.07. The lowest BCUT2D eigenvalue weighted by molar-refractivity contribution is 0.0691. The lowest BCUT2D eigenvalue weighted by Crippen LogP contribution is -2.29. The summed E-state index contributed by atoms with van der Waals surface area (Å²) >= 11 is 0. The number of rotatable bonds is 2. The fraction of sp³-hybridized carbons (Fsp3) is 0. The summed E-state index contributed by atoms with van der Waals surface area (Å²) in [7, 11) is 0. The standard InChI is InChI=1S/C17H10N2O4/c20-15-11-3-1-2-4-12(11)16(21)19(15)10-5-6-13-9(7-10)8-14(18-13)17(22)23/h1-8,18H,(H,22,23). The summed E-state index contributed by atoms with van der Waals surface area (Å²) in [4.78, 5) is 39.8. The summed E-state index contributed by atoms with van der Waals surface area (Å²) in [6.45, 7) is 0. The van der Waals surface area contributed by atoms with Crippen molar-refractivity contribution >= 4 is 34.4 Å². The number of aromatic nitrogens is 1. The van der Waals surface area contributed by atoms with E-state index in [0.29, 0.717) is 27.7 Å². The summed E-state index contributed by atoms with van der Waals surface area (Å²) in [6, 6.07) is 13.0. The van der Waals surface area contributed by atoms with Crippen LogP contribution in [0.3, 0.4) is 0 Å². The van der Waals surface area contributed by atoms with Gasteiger partial charge >= 0.3 is 5.97 Å². The van der Waals surface area contributed by atoms with Crippen molar-refractivity contribution in [3.05, 3.63) is 65.4 Å². The maximum Gasteiger partial charge on any atom is 0.352 e. The van der Waals surface area contributed by atoms with Crippen molar-refractivity contribution in [3.8, 4) is 0 Å². The minimum Gasteiger partial charge on any atom is -0.477 e. The van der Waals surface area contributed by atoms with Crippen molar-refractivity contribution in [1.82, 2.24) is 4.98 Å². The Kier molecular flexibility index (Phi) is 2.62. The van der Waals surface area contributed by atoms with Crippen LogP contribution in [0.2, 0.25) is 0 Å². The lowest BCUT2D eigenvalue weighted by atomic mass is 10.1. The maximum absolute atomic E-state index is 12.5. The SMILES string of the molecule is O=C(O)c1cc2cc(N3C(=O)c4ccccc4C3=O)ccc2[nH]1. The number of nitrogens with one attached hydrogen (secondary N) is 1. The highest BCUT2D eigenvalue weighted by Crippen LogP contribution is 2.30. The molecule has 0 aliphatic carbocycles. The molecular formula is C17H10N2O4. The number of hydrogen-bond donors (Lipinski definition) is 2. The number of carbonyl (C=O) groups excluding carboxylic acids is 2. The predicted octanol–water partition coefficient (Wildman–Crippen LogP) is 2.67. The molecule has 3 aromatic rings. The molecule has 1 aliphatic rings. The first-order valence-corrected chi connectivity index (χ1v) is 6.90. The molecule has 0 spiro atoms. The number of carboxylic acids is 1. The first-order chi connectivity index (χ1) is 11.1. The second-order valence-electron chi connectivity index (χ2n) is 5.25. The third-order valence-electron chi connectivity index (χ3n) is 3.89. The van der Waals surface area contributed by atoms with Gasteiger partial charge in [-0.1, -0.05) is 12.1 Å². The van der Waals surface area contributed by atoms with Gasteiger partial charge in [0.15, 0.2) is 0 Å². The number of aromatic carboxylic acids is 1. The monoisotopic (exact) mass is 306 g/mol. The molecule has 6 heteroatoms. The number of hydrogen-bond acceptors (Lipinski definition) is 3. The molecule has 0 radical (unpaired) electrons. The van der Waals surface area contributed by atoms with Crippen LogP contribution < -0.4 is 4.90 Å². The van der Waals surface area contributed by atoms with E-state index in [0.717, 1.165) is 4.90 Å². The molecule has 0 saturated heterocycles. The second kappa shape index (κ2) is 4.54. The van der Waals surface area contributed by atoms with E-state index in [1.807, 2.05) is 0 Å². The van der Waals surface area contributed by atoms with Crippen LogP contribution in [-0.2, 0) is 0 Å². The molecule has 6 nitrogen and oxygen atoms in total. The number of amides is 2. The number of nitrogens with zero attached hydrogens (tertiary/aromatic N) is 1. The van der Waals surface area contributed by atoms with Crippen molar-refractivity contribution in [2.24, 2.45) is 0 Å². The van der Waals surface area contributed by atoms with Gasteiger partial charge in [-0.25, -0.2) is 9.69 Å². The van der Waals surface area contributed by atoms with Crippen molar-refractivity contribution in [3.63, 3.8) is 0 Å². The summed E-state index contributed by atoms with van der Waals surface area (Å²) in [5, 5.41) is 9.64. The zero-order valence-corrected chi connectivity index (χ0v) is 11.7. The molecule has 0 unspecified atom stereocenters. The van der Waals surface area contributed by atoms with Crippen LogP contribution in [0.4, 0.5) is 5.69 Å². The number of anilines is 1. The highest BCUT2D eigenvalue weighted by atomic mass is 16.4. The van der Waals surface area contributed by atoms with Crippen LogP contribution in [0.15, 0.2) is 48.5 Å². The van der Waals surface area contributed by atoms with Crippen molar-refractivity contribution in [2.75, 3.05) is 4.90 Å². The summed E-state index contributed by atoms with van der Waals surface area (Å²) in [5.41, 5.74) is 1.85.